The molecule has 0 bridgehead atoms. The molecule has 3 heterocycles. The highest BCUT2D eigenvalue weighted by atomic mass is 15.0. The standard InChI is InChI=1S/C58H41N5/c1-3-4-27-49-39(2)62(47-23-13-7-14-24-47)54-32-30-42(37-51(49)54)44-34-45(43-31-33-55-52(38-43)50-28-17-18-29-53(50)63(55)48-25-15-8-16-26-48)36-46(35-44)58-60-56(40-19-9-5-10-20-40)59-57(61-58)41-21-11-6-12-22-41/h3-38H,1H2,2H3/b27-4-. The van der Waals surface area contributed by atoms with Gasteiger partial charge < -0.3 is 9.13 Å². The molecule has 8 aromatic carbocycles. The molecule has 0 aliphatic heterocycles. The molecule has 3 aromatic heterocycles. The van der Waals surface area contributed by atoms with Crippen molar-refractivity contribution in [3.63, 3.8) is 0 Å². The molecule has 0 amide bonds. The molecule has 0 saturated heterocycles. The number of nitrogens with zero attached hydrogens (tertiary/aromatic N) is 5. The van der Waals surface area contributed by atoms with Gasteiger partial charge in [0.25, 0.3) is 0 Å². The van der Waals surface area contributed by atoms with E-state index < -0.39 is 0 Å². The fraction of sp³-hybridized carbons (Fsp3) is 0.0172. The highest BCUT2D eigenvalue weighted by Crippen LogP contribution is 2.40. The first-order chi connectivity index (χ1) is 31.1. The zero-order valence-corrected chi connectivity index (χ0v) is 34.7. The van der Waals surface area contributed by atoms with Crippen molar-refractivity contribution in [2.45, 2.75) is 6.92 Å². The van der Waals surface area contributed by atoms with E-state index in [1.807, 2.05) is 72.8 Å². The SMILES string of the molecule is C=C/C=C\c1c(C)n(-c2ccccc2)c2ccc(-c3cc(-c4ccc5c(c4)c4ccccc4n5-c4ccccc4)cc(-c4nc(-c5ccccc5)nc(-c5ccccc5)n4)c3)cc12. The summed E-state index contributed by atoms with van der Waals surface area (Å²) in [6.45, 7) is 6.17. The molecule has 0 N–H and O–H groups in total. The lowest BCUT2D eigenvalue weighted by Crippen LogP contribution is -2.00. The van der Waals surface area contributed by atoms with Crippen LogP contribution in [0.4, 0.5) is 0 Å². The molecular formula is C58H41N5. The van der Waals surface area contributed by atoms with Crippen molar-refractivity contribution in [3.05, 3.63) is 230 Å². The third-order valence-corrected chi connectivity index (χ3v) is 11.9. The molecule has 0 saturated carbocycles. The Hall–Kier alpha value is -8.41. The summed E-state index contributed by atoms with van der Waals surface area (Å²) in [5.41, 5.74) is 15.1. The summed E-state index contributed by atoms with van der Waals surface area (Å²) in [5, 5.41) is 3.55. The van der Waals surface area contributed by atoms with Crippen LogP contribution in [0.1, 0.15) is 11.3 Å². The number of para-hydroxylation sites is 3. The lowest BCUT2D eigenvalue weighted by Gasteiger charge is -2.13. The van der Waals surface area contributed by atoms with Crippen molar-refractivity contribution >= 4 is 38.8 Å². The molecule has 0 atom stereocenters. The molecule has 5 nitrogen and oxygen atoms in total. The van der Waals surface area contributed by atoms with E-state index in [0.29, 0.717) is 17.5 Å². The molecule has 0 aliphatic rings. The Kier molecular flexibility index (Phi) is 9.48. The first-order valence-electron chi connectivity index (χ1n) is 21.2. The summed E-state index contributed by atoms with van der Waals surface area (Å²) in [4.78, 5) is 15.4. The fourth-order valence-corrected chi connectivity index (χ4v) is 8.94. The van der Waals surface area contributed by atoms with E-state index in [2.05, 4.69) is 168 Å². The van der Waals surface area contributed by atoms with Gasteiger partial charge in [-0.05, 0) is 102 Å². The van der Waals surface area contributed by atoms with Crippen molar-refractivity contribution in [2.24, 2.45) is 0 Å². The molecule has 0 radical (unpaired) electrons. The molecule has 298 valence electrons. The molecule has 0 unspecified atom stereocenters. The van der Waals surface area contributed by atoms with Crippen LogP contribution in [0.3, 0.4) is 0 Å². The van der Waals surface area contributed by atoms with E-state index in [0.717, 1.165) is 78.0 Å². The van der Waals surface area contributed by atoms with E-state index in [1.165, 1.54) is 16.3 Å². The van der Waals surface area contributed by atoms with Crippen LogP contribution in [0.15, 0.2) is 219 Å². The Morgan fingerprint density at radius 3 is 1.40 bits per heavy atom. The number of rotatable bonds is 9. The normalized spacial score (nSPS) is 11.6. The quantitative estimate of drug-likeness (QED) is 0.137. The summed E-state index contributed by atoms with van der Waals surface area (Å²) < 4.78 is 4.69. The Bertz CT molecular complexity index is 3450. The van der Waals surface area contributed by atoms with Gasteiger partial charge in [-0.2, -0.15) is 0 Å². The van der Waals surface area contributed by atoms with Crippen molar-refractivity contribution in [1.82, 2.24) is 24.1 Å². The Balaban J connectivity index is 1.16. The molecule has 0 spiro atoms. The zero-order valence-electron chi connectivity index (χ0n) is 34.7. The number of hydrogen-bond acceptors (Lipinski definition) is 3. The average Bonchev–Trinajstić information content (AvgIpc) is 3.84. The van der Waals surface area contributed by atoms with E-state index in [1.54, 1.807) is 0 Å². The molecule has 11 aromatic rings. The van der Waals surface area contributed by atoms with E-state index in [9.17, 15) is 0 Å². The van der Waals surface area contributed by atoms with Gasteiger partial charge in [-0.1, -0.05) is 152 Å². The number of fused-ring (bicyclic) bond motifs is 4. The average molecular weight is 808 g/mol. The van der Waals surface area contributed by atoms with Crippen molar-refractivity contribution in [1.29, 1.82) is 0 Å². The maximum Gasteiger partial charge on any atom is 0.164 e. The molecular weight excluding hydrogens is 767 g/mol. The van der Waals surface area contributed by atoms with E-state index in [4.69, 9.17) is 15.0 Å². The van der Waals surface area contributed by atoms with Gasteiger partial charge in [0, 0.05) is 55.5 Å². The lowest BCUT2D eigenvalue weighted by atomic mass is 9.94. The van der Waals surface area contributed by atoms with Gasteiger partial charge in [-0.15, -0.1) is 0 Å². The van der Waals surface area contributed by atoms with Gasteiger partial charge in [0.15, 0.2) is 17.5 Å². The van der Waals surface area contributed by atoms with Crippen LogP contribution in [-0.4, -0.2) is 24.1 Å². The van der Waals surface area contributed by atoms with E-state index in [-0.39, 0.29) is 0 Å². The van der Waals surface area contributed by atoms with Crippen molar-refractivity contribution < 1.29 is 0 Å². The smallest absolute Gasteiger partial charge is 0.164 e. The first-order valence-corrected chi connectivity index (χ1v) is 21.2. The second-order valence-electron chi connectivity index (χ2n) is 15.8. The highest BCUT2D eigenvalue weighted by Gasteiger charge is 2.19. The van der Waals surface area contributed by atoms with Crippen LogP contribution >= 0.6 is 0 Å². The van der Waals surface area contributed by atoms with Crippen LogP contribution in [0.25, 0.3) is 107 Å². The van der Waals surface area contributed by atoms with Crippen LogP contribution in [-0.2, 0) is 0 Å². The maximum absolute atomic E-state index is 5.20. The topological polar surface area (TPSA) is 48.5 Å². The molecule has 5 heteroatoms. The summed E-state index contributed by atoms with van der Waals surface area (Å²) in [5.74, 6) is 1.85. The van der Waals surface area contributed by atoms with Gasteiger partial charge in [-0.25, -0.2) is 15.0 Å². The second-order valence-corrected chi connectivity index (χ2v) is 15.8. The Labute approximate surface area is 366 Å². The number of allylic oxidation sites excluding steroid dienone is 2. The van der Waals surface area contributed by atoms with Gasteiger partial charge >= 0.3 is 0 Å². The maximum atomic E-state index is 5.20. The number of benzene rings is 8. The van der Waals surface area contributed by atoms with Crippen LogP contribution in [0.2, 0.25) is 0 Å². The number of aromatic nitrogens is 5. The Morgan fingerprint density at radius 1 is 0.381 bits per heavy atom. The van der Waals surface area contributed by atoms with Crippen molar-refractivity contribution in [2.75, 3.05) is 0 Å². The molecule has 11 rings (SSSR count). The molecule has 0 aliphatic carbocycles. The number of hydrogen-bond donors (Lipinski definition) is 0. The summed E-state index contributed by atoms with van der Waals surface area (Å²) in [6, 6.07) is 70.5. The van der Waals surface area contributed by atoms with Gasteiger partial charge in [0.2, 0.25) is 0 Å². The third-order valence-electron chi connectivity index (χ3n) is 11.9. The molecule has 0 fully saturated rings. The predicted octanol–water partition coefficient (Wildman–Crippen LogP) is 14.8. The largest absolute Gasteiger partial charge is 0.313 e. The zero-order chi connectivity index (χ0) is 42.3. The Morgan fingerprint density at radius 2 is 0.825 bits per heavy atom. The minimum absolute atomic E-state index is 0.606. The fourth-order valence-electron chi connectivity index (χ4n) is 8.94. The first kappa shape index (κ1) is 37.6. The monoisotopic (exact) mass is 807 g/mol. The summed E-state index contributed by atoms with van der Waals surface area (Å²) in [7, 11) is 0. The summed E-state index contributed by atoms with van der Waals surface area (Å²) in [6.07, 6.45) is 6.02. The van der Waals surface area contributed by atoms with Gasteiger partial charge in [0.05, 0.1) is 16.6 Å². The lowest BCUT2D eigenvalue weighted by molar-refractivity contribution is 1.05. The minimum Gasteiger partial charge on any atom is -0.313 e. The van der Waals surface area contributed by atoms with Crippen LogP contribution < -0.4 is 0 Å². The van der Waals surface area contributed by atoms with Gasteiger partial charge in [0.1, 0.15) is 0 Å². The van der Waals surface area contributed by atoms with Gasteiger partial charge in [-0.3, -0.25) is 0 Å². The minimum atomic E-state index is 0.606. The predicted molar refractivity (Wildman–Crippen MR) is 262 cm³/mol. The second kappa shape index (κ2) is 15.9. The third kappa shape index (κ3) is 6.82. The van der Waals surface area contributed by atoms with Crippen molar-refractivity contribution in [3.8, 4) is 67.8 Å². The summed E-state index contributed by atoms with van der Waals surface area (Å²) >= 11 is 0. The van der Waals surface area contributed by atoms with E-state index >= 15 is 0 Å². The van der Waals surface area contributed by atoms with Crippen LogP contribution in [0, 0.1) is 6.92 Å². The highest BCUT2D eigenvalue weighted by molar-refractivity contribution is 6.10. The molecule has 63 heavy (non-hydrogen) atoms. The van der Waals surface area contributed by atoms with Crippen LogP contribution in [0.5, 0.6) is 0 Å².